The number of rotatable bonds is 3. The van der Waals surface area contributed by atoms with Crippen molar-refractivity contribution in [3.05, 3.63) is 0 Å². The smallest absolute Gasteiger partial charge is 0.239 e. The Bertz CT molecular complexity index is 335. The number of hydrogen-bond acceptors (Lipinski definition) is 3. The van der Waals surface area contributed by atoms with E-state index >= 15 is 0 Å². The second-order valence-corrected chi connectivity index (χ2v) is 6.81. The summed E-state index contributed by atoms with van der Waals surface area (Å²) in [5.41, 5.74) is 0. The van der Waals surface area contributed by atoms with Crippen molar-refractivity contribution in [2.24, 2.45) is 5.92 Å². The number of piperidine rings is 1. The van der Waals surface area contributed by atoms with E-state index in [1.165, 1.54) is 45.1 Å². The Morgan fingerprint density at radius 3 is 2.60 bits per heavy atom. The number of nitrogens with zero attached hydrogens (tertiary/aromatic N) is 2. The summed E-state index contributed by atoms with van der Waals surface area (Å²) in [6.45, 7) is 7.46. The predicted octanol–water partition coefficient (Wildman–Crippen LogP) is 1.46. The van der Waals surface area contributed by atoms with Gasteiger partial charge in [-0.2, -0.15) is 0 Å². The lowest BCUT2D eigenvalue weighted by Crippen LogP contribution is -2.52. The summed E-state index contributed by atoms with van der Waals surface area (Å²) < 4.78 is 0. The molecule has 0 radical (unpaired) electrons. The summed E-state index contributed by atoms with van der Waals surface area (Å²) in [7, 11) is 0. The lowest BCUT2D eigenvalue weighted by atomic mass is 9.89. The van der Waals surface area contributed by atoms with Crippen LogP contribution in [0.4, 0.5) is 0 Å². The molecule has 3 heterocycles. The Balaban J connectivity index is 1.56. The normalized spacial score (nSPS) is 33.5. The van der Waals surface area contributed by atoms with Crippen LogP contribution in [0, 0.1) is 5.92 Å². The van der Waals surface area contributed by atoms with E-state index in [1.807, 2.05) is 0 Å². The molecule has 3 fully saturated rings. The van der Waals surface area contributed by atoms with Gasteiger partial charge in [0.05, 0.1) is 6.04 Å². The summed E-state index contributed by atoms with van der Waals surface area (Å²) in [5.74, 6) is 1.11. The van der Waals surface area contributed by atoms with Gasteiger partial charge in [-0.05, 0) is 64.5 Å². The molecule has 0 saturated carbocycles. The number of amides is 1. The molecular weight excluding hydrogens is 250 g/mol. The Morgan fingerprint density at radius 1 is 1.10 bits per heavy atom. The molecule has 0 bridgehead atoms. The maximum absolute atomic E-state index is 12.5. The first-order valence-corrected chi connectivity index (χ1v) is 8.52. The fourth-order valence-corrected chi connectivity index (χ4v) is 4.19. The van der Waals surface area contributed by atoms with Crippen LogP contribution in [0.1, 0.15) is 45.4 Å². The van der Waals surface area contributed by atoms with E-state index in [1.54, 1.807) is 0 Å². The molecule has 3 aliphatic rings. The van der Waals surface area contributed by atoms with E-state index in [2.05, 4.69) is 22.0 Å². The molecule has 114 valence electrons. The van der Waals surface area contributed by atoms with Crippen molar-refractivity contribution in [1.29, 1.82) is 0 Å². The molecule has 3 aliphatic heterocycles. The zero-order valence-corrected chi connectivity index (χ0v) is 12.8. The molecule has 0 aromatic rings. The molecule has 0 spiro atoms. The van der Waals surface area contributed by atoms with Crippen LogP contribution in [0.5, 0.6) is 0 Å². The molecule has 1 N–H and O–H groups in total. The molecule has 3 unspecified atom stereocenters. The first-order chi connectivity index (χ1) is 9.75. The van der Waals surface area contributed by atoms with E-state index in [-0.39, 0.29) is 6.04 Å². The SMILES string of the molecule is CC(C(=O)N1CCCC1)N1CCCC(C2CCCN2)C1. The van der Waals surface area contributed by atoms with Crippen molar-refractivity contribution in [3.63, 3.8) is 0 Å². The molecule has 4 nitrogen and oxygen atoms in total. The van der Waals surface area contributed by atoms with Gasteiger partial charge in [0.15, 0.2) is 0 Å². The minimum Gasteiger partial charge on any atom is -0.341 e. The first kappa shape index (κ1) is 14.3. The highest BCUT2D eigenvalue weighted by Crippen LogP contribution is 2.26. The number of likely N-dealkylation sites (tertiary alicyclic amines) is 2. The summed E-state index contributed by atoms with van der Waals surface area (Å²) in [5, 5.41) is 3.65. The van der Waals surface area contributed by atoms with Crippen LogP contribution in [0.25, 0.3) is 0 Å². The molecule has 3 saturated heterocycles. The lowest BCUT2D eigenvalue weighted by molar-refractivity contribution is -0.136. The highest BCUT2D eigenvalue weighted by Gasteiger charge is 2.34. The van der Waals surface area contributed by atoms with Crippen molar-refractivity contribution in [2.45, 2.75) is 57.5 Å². The average molecular weight is 279 g/mol. The zero-order chi connectivity index (χ0) is 13.9. The zero-order valence-electron chi connectivity index (χ0n) is 12.8. The molecule has 1 amide bonds. The van der Waals surface area contributed by atoms with Crippen LogP contribution < -0.4 is 5.32 Å². The Labute approximate surface area is 122 Å². The van der Waals surface area contributed by atoms with Gasteiger partial charge in [-0.25, -0.2) is 0 Å². The van der Waals surface area contributed by atoms with Crippen molar-refractivity contribution in [2.75, 3.05) is 32.7 Å². The average Bonchev–Trinajstić information content (AvgIpc) is 3.18. The van der Waals surface area contributed by atoms with Gasteiger partial charge in [0.2, 0.25) is 5.91 Å². The van der Waals surface area contributed by atoms with Crippen molar-refractivity contribution in [3.8, 4) is 0 Å². The molecule has 20 heavy (non-hydrogen) atoms. The summed E-state index contributed by atoms with van der Waals surface area (Å²) >= 11 is 0. The van der Waals surface area contributed by atoms with Crippen LogP contribution >= 0.6 is 0 Å². The van der Waals surface area contributed by atoms with Gasteiger partial charge in [-0.3, -0.25) is 9.69 Å². The van der Waals surface area contributed by atoms with Crippen molar-refractivity contribution < 1.29 is 4.79 Å². The third-order valence-corrected chi connectivity index (χ3v) is 5.48. The number of nitrogens with one attached hydrogen (secondary N) is 1. The van der Waals surface area contributed by atoms with E-state index in [0.29, 0.717) is 11.9 Å². The minimum absolute atomic E-state index is 0.0808. The standard InChI is InChI=1S/C16H29N3O/c1-13(16(20)18-9-2-3-10-18)19-11-5-6-14(12-19)15-7-4-8-17-15/h13-15,17H,2-12H2,1H3. The lowest BCUT2D eigenvalue weighted by Gasteiger charge is -2.39. The number of hydrogen-bond donors (Lipinski definition) is 1. The van der Waals surface area contributed by atoms with E-state index < -0.39 is 0 Å². The predicted molar refractivity (Wildman–Crippen MR) is 80.6 cm³/mol. The van der Waals surface area contributed by atoms with Crippen molar-refractivity contribution in [1.82, 2.24) is 15.1 Å². The van der Waals surface area contributed by atoms with Crippen LogP contribution in [0.3, 0.4) is 0 Å². The Morgan fingerprint density at radius 2 is 1.90 bits per heavy atom. The second kappa shape index (κ2) is 6.44. The summed E-state index contributed by atoms with van der Waals surface area (Å²) in [4.78, 5) is 17.1. The molecule has 0 aliphatic carbocycles. The van der Waals surface area contributed by atoms with Gasteiger partial charge in [-0.15, -0.1) is 0 Å². The maximum atomic E-state index is 12.5. The van der Waals surface area contributed by atoms with Gasteiger partial charge in [0.1, 0.15) is 0 Å². The number of carbonyl (C=O) groups excluding carboxylic acids is 1. The fourth-order valence-electron chi connectivity index (χ4n) is 4.19. The van der Waals surface area contributed by atoms with Gasteiger partial charge in [0.25, 0.3) is 0 Å². The molecule has 3 atom stereocenters. The van der Waals surface area contributed by atoms with Crippen LogP contribution in [0.2, 0.25) is 0 Å². The van der Waals surface area contributed by atoms with Gasteiger partial charge < -0.3 is 10.2 Å². The van der Waals surface area contributed by atoms with Crippen molar-refractivity contribution >= 4 is 5.91 Å². The minimum atomic E-state index is 0.0808. The Kier molecular flexibility index (Phi) is 4.61. The quantitative estimate of drug-likeness (QED) is 0.849. The molecule has 3 rings (SSSR count). The van der Waals surface area contributed by atoms with Crippen LogP contribution in [-0.2, 0) is 4.79 Å². The Hall–Kier alpha value is -0.610. The maximum Gasteiger partial charge on any atom is 0.239 e. The highest BCUT2D eigenvalue weighted by molar-refractivity contribution is 5.81. The van der Waals surface area contributed by atoms with Gasteiger partial charge in [-0.1, -0.05) is 0 Å². The first-order valence-electron chi connectivity index (χ1n) is 8.52. The molecular formula is C16H29N3O. The van der Waals surface area contributed by atoms with Gasteiger partial charge >= 0.3 is 0 Å². The monoisotopic (exact) mass is 279 g/mol. The van der Waals surface area contributed by atoms with Crippen LogP contribution in [-0.4, -0.2) is 60.5 Å². The third kappa shape index (κ3) is 3.01. The third-order valence-electron chi connectivity index (χ3n) is 5.48. The second-order valence-electron chi connectivity index (χ2n) is 6.81. The molecule has 4 heteroatoms. The topological polar surface area (TPSA) is 35.6 Å². The van der Waals surface area contributed by atoms with Gasteiger partial charge in [0, 0.05) is 25.7 Å². The van der Waals surface area contributed by atoms with E-state index in [0.717, 1.165) is 32.1 Å². The highest BCUT2D eigenvalue weighted by atomic mass is 16.2. The summed E-state index contributed by atoms with van der Waals surface area (Å²) in [6, 6.07) is 0.782. The number of carbonyl (C=O) groups is 1. The molecule has 0 aromatic carbocycles. The largest absolute Gasteiger partial charge is 0.341 e. The fraction of sp³-hybridized carbons (Fsp3) is 0.938. The molecule has 0 aromatic heterocycles. The van der Waals surface area contributed by atoms with E-state index in [4.69, 9.17) is 0 Å². The van der Waals surface area contributed by atoms with Crippen LogP contribution in [0.15, 0.2) is 0 Å². The summed E-state index contributed by atoms with van der Waals surface area (Å²) in [6.07, 6.45) is 7.61. The van der Waals surface area contributed by atoms with E-state index in [9.17, 15) is 4.79 Å².